The summed E-state index contributed by atoms with van der Waals surface area (Å²) in [4.78, 5) is 37.4. The van der Waals surface area contributed by atoms with Gasteiger partial charge in [0.05, 0.1) is 11.1 Å². The number of carbonyl (C=O) groups excluding carboxylic acids is 2. The van der Waals surface area contributed by atoms with E-state index in [0.717, 1.165) is 6.07 Å². The Morgan fingerprint density at radius 3 is 2.21 bits per heavy atom. The predicted molar refractivity (Wildman–Crippen MR) is 96.2 cm³/mol. The van der Waals surface area contributed by atoms with Crippen LogP contribution in [-0.4, -0.2) is 45.8 Å². The van der Waals surface area contributed by atoms with Gasteiger partial charge in [-0.25, -0.2) is 4.79 Å². The van der Waals surface area contributed by atoms with Crippen LogP contribution in [0.3, 0.4) is 0 Å². The molecule has 0 bridgehead atoms. The van der Waals surface area contributed by atoms with E-state index in [2.05, 4.69) is 4.18 Å². The van der Waals surface area contributed by atoms with Gasteiger partial charge in [-0.1, -0.05) is 13.3 Å². The molecule has 0 heterocycles. The van der Waals surface area contributed by atoms with E-state index >= 15 is 0 Å². The first-order valence-electron chi connectivity index (χ1n) is 8.21. The highest BCUT2D eigenvalue weighted by Crippen LogP contribution is 2.41. The fourth-order valence-electron chi connectivity index (χ4n) is 3.30. The lowest BCUT2D eigenvalue weighted by Gasteiger charge is -2.22. The van der Waals surface area contributed by atoms with E-state index in [4.69, 9.17) is 4.55 Å². The van der Waals surface area contributed by atoms with Crippen molar-refractivity contribution in [1.29, 1.82) is 0 Å². The maximum atomic E-state index is 12.9. The quantitative estimate of drug-likeness (QED) is 0.443. The molecule has 0 aliphatic heterocycles. The number of aryl methyl sites for hydroxylation is 1. The maximum Gasteiger partial charge on any atom is 0.446 e. The molecule has 1 aliphatic carbocycles. The minimum Gasteiger partial charge on any atom is -0.507 e. The average molecular weight is 422 g/mol. The minimum absolute atomic E-state index is 0.135. The van der Waals surface area contributed by atoms with Gasteiger partial charge >= 0.3 is 16.4 Å². The van der Waals surface area contributed by atoms with Crippen molar-refractivity contribution in [1.82, 2.24) is 0 Å². The predicted octanol–water partition coefficient (Wildman–Crippen LogP) is 1.71. The van der Waals surface area contributed by atoms with Gasteiger partial charge in [-0.05, 0) is 24.1 Å². The third-order valence-corrected chi connectivity index (χ3v) is 4.75. The van der Waals surface area contributed by atoms with Gasteiger partial charge in [-0.15, -0.1) is 0 Å². The van der Waals surface area contributed by atoms with Crippen LogP contribution in [-0.2, 0) is 16.8 Å². The molecule has 29 heavy (non-hydrogen) atoms. The van der Waals surface area contributed by atoms with Crippen LogP contribution < -0.4 is 4.18 Å². The lowest BCUT2D eigenvalue weighted by Crippen LogP contribution is -2.23. The molecule has 0 aromatic heterocycles. The van der Waals surface area contributed by atoms with Gasteiger partial charge in [0.2, 0.25) is 5.78 Å². The molecule has 11 heteroatoms. The average Bonchev–Trinajstić information content (AvgIpc) is 2.57. The Morgan fingerprint density at radius 1 is 1.03 bits per heavy atom. The molecule has 2 aromatic rings. The van der Waals surface area contributed by atoms with Crippen molar-refractivity contribution >= 4 is 27.9 Å². The Bertz CT molecular complexity index is 1190. The number of carbonyl (C=O) groups is 3. The SMILES string of the molecule is CCCc1cc2c(c(O)c1C(=O)O)C(=O)c1c(O)cc(OS(=O)(=O)O)cc1C2=O. The molecule has 0 fully saturated rings. The molecule has 0 saturated carbocycles. The van der Waals surface area contributed by atoms with E-state index in [1.807, 2.05) is 0 Å². The zero-order valence-corrected chi connectivity index (χ0v) is 15.6. The second kappa shape index (κ2) is 6.87. The molecule has 4 N–H and O–H groups in total. The van der Waals surface area contributed by atoms with Crippen LogP contribution in [0.1, 0.15) is 61.1 Å². The van der Waals surface area contributed by atoms with Crippen LogP contribution in [0.5, 0.6) is 17.2 Å². The number of hydrogen-bond donors (Lipinski definition) is 4. The summed E-state index contributed by atoms with van der Waals surface area (Å²) >= 11 is 0. The molecule has 0 saturated heterocycles. The highest BCUT2D eigenvalue weighted by molar-refractivity contribution is 7.81. The summed E-state index contributed by atoms with van der Waals surface area (Å²) in [5.74, 6) is -5.72. The first kappa shape index (κ1) is 20.3. The Morgan fingerprint density at radius 2 is 1.66 bits per heavy atom. The zero-order valence-electron chi connectivity index (χ0n) is 14.8. The van der Waals surface area contributed by atoms with E-state index in [1.54, 1.807) is 6.92 Å². The van der Waals surface area contributed by atoms with Gasteiger partial charge < -0.3 is 19.5 Å². The highest BCUT2D eigenvalue weighted by Gasteiger charge is 2.38. The number of carboxylic acids is 1. The summed E-state index contributed by atoms with van der Waals surface area (Å²) in [6.07, 6.45) is 0.693. The molecule has 0 unspecified atom stereocenters. The first-order valence-corrected chi connectivity index (χ1v) is 9.58. The van der Waals surface area contributed by atoms with Crippen LogP contribution in [0.15, 0.2) is 18.2 Å². The number of phenols is 2. The van der Waals surface area contributed by atoms with Crippen LogP contribution in [0.25, 0.3) is 0 Å². The first-order chi connectivity index (χ1) is 13.5. The Balaban J connectivity index is 2.30. The molecule has 0 atom stereocenters. The number of fused-ring (bicyclic) bond motifs is 2. The van der Waals surface area contributed by atoms with E-state index in [1.165, 1.54) is 6.07 Å². The Hall–Kier alpha value is -3.44. The molecular weight excluding hydrogens is 408 g/mol. The van der Waals surface area contributed by atoms with Crippen LogP contribution in [0.4, 0.5) is 0 Å². The van der Waals surface area contributed by atoms with Gasteiger partial charge in [0.15, 0.2) is 5.78 Å². The second-order valence-electron chi connectivity index (χ2n) is 6.27. The minimum atomic E-state index is -4.96. The molecule has 3 rings (SSSR count). The number of ketones is 2. The smallest absolute Gasteiger partial charge is 0.446 e. The number of hydrogen-bond acceptors (Lipinski definition) is 8. The van der Waals surface area contributed by atoms with E-state index in [0.29, 0.717) is 12.5 Å². The van der Waals surface area contributed by atoms with E-state index in [9.17, 15) is 38.1 Å². The maximum absolute atomic E-state index is 12.9. The zero-order chi connectivity index (χ0) is 21.7. The molecule has 152 valence electrons. The third-order valence-electron chi connectivity index (χ3n) is 4.35. The largest absolute Gasteiger partial charge is 0.507 e. The van der Waals surface area contributed by atoms with Crippen molar-refractivity contribution in [2.45, 2.75) is 19.8 Å². The van der Waals surface area contributed by atoms with Gasteiger partial charge in [0.25, 0.3) is 0 Å². The normalized spacial score (nSPS) is 13.0. The summed E-state index contributed by atoms with van der Waals surface area (Å²) in [7, 11) is -4.96. The van der Waals surface area contributed by atoms with Crippen LogP contribution in [0, 0.1) is 0 Å². The topological polar surface area (TPSA) is 175 Å². The lowest BCUT2D eigenvalue weighted by molar-refractivity contribution is 0.0691. The molecular formula is C18H14O10S. The number of aromatic carboxylic acids is 1. The van der Waals surface area contributed by atoms with Crippen molar-refractivity contribution in [3.8, 4) is 17.2 Å². The summed E-state index contributed by atoms with van der Waals surface area (Å²) in [5.41, 5.74) is -2.22. The standard InChI is InChI=1S/C18H14O10S/c1-2-3-7-4-9-14(16(21)12(7)18(23)24)17(22)13-10(15(9)20)5-8(6-11(13)19)28-29(25,26)27/h4-6,19,21H,2-3H2,1H3,(H,23,24)(H,25,26,27). The summed E-state index contributed by atoms with van der Waals surface area (Å²) < 4.78 is 34.8. The van der Waals surface area contributed by atoms with E-state index in [-0.39, 0.29) is 17.5 Å². The van der Waals surface area contributed by atoms with Crippen LogP contribution >= 0.6 is 0 Å². The fourth-order valence-corrected chi connectivity index (χ4v) is 3.64. The molecule has 0 radical (unpaired) electrons. The summed E-state index contributed by atoms with van der Waals surface area (Å²) in [6.45, 7) is 1.75. The van der Waals surface area contributed by atoms with Gasteiger partial charge in [0.1, 0.15) is 22.8 Å². The molecule has 1 aliphatic rings. The second-order valence-corrected chi connectivity index (χ2v) is 7.29. The van der Waals surface area contributed by atoms with Gasteiger partial charge in [-0.3, -0.25) is 14.1 Å². The van der Waals surface area contributed by atoms with Crippen molar-refractivity contribution in [3.63, 3.8) is 0 Å². The van der Waals surface area contributed by atoms with Crippen molar-refractivity contribution in [2.24, 2.45) is 0 Å². The number of aromatic hydroxyl groups is 2. The Labute approximate surface area is 163 Å². The number of carboxylic acid groups (broad SMARTS) is 1. The van der Waals surface area contributed by atoms with Crippen LogP contribution in [0.2, 0.25) is 0 Å². The van der Waals surface area contributed by atoms with Crippen molar-refractivity contribution in [2.75, 3.05) is 0 Å². The van der Waals surface area contributed by atoms with Gasteiger partial charge in [0, 0.05) is 17.2 Å². The fraction of sp³-hybridized carbons (Fsp3) is 0.167. The number of rotatable bonds is 5. The lowest BCUT2D eigenvalue weighted by atomic mass is 9.80. The molecule has 0 spiro atoms. The van der Waals surface area contributed by atoms with Gasteiger partial charge in [-0.2, -0.15) is 8.42 Å². The monoisotopic (exact) mass is 422 g/mol. The molecule has 2 aromatic carbocycles. The molecule has 10 nitrogen and oxygen atoms in total. The third kappa shape index (κ3) is 3.41. The highest BCUT2D eigenvalue weighted by atomic mass is 32.3. The van der Waals surface area contributed by atoms with E-state index < -0.39 is 67.4 Å². The number of benzene rings is 2. The summed E-state index contributed by atoms with van der Waals surface area (Å²) in [6, 6.07) is 2.70. The molecule has 0 amide bonds. The van der Waals surface area contributed by atoms with Crippen molar-refractivity contribution < 1.29 is 46.9 Å². The Kier molecular flexibility index (Phi) is 4.81. The van der Waals surface area contributed by atoms with Crippen molar-refractivity contribution in [3.05, 3.63) is 51.6 Å². The number of phenolic OH excluding ortho intramolecular Hbond substituents is 1. The summed E-state index contributed by atoms with van der Waals surface area (Å²) in [5, 5.41) is 30.0.